The van der Waals surface area contributed by atoms with E-state index in [1.165, 1.54) is 18.2 Å². The van der Waals surface area contributed by atoms with Gasteiger partial charge in [-0.05, 0) is 35.9 Å². The second-order valence-corrected chi connectivity index (χ2v) is 4.47. The number of phenols is 1. The Morgan fingerprint density at radius 3 is 2.60 bits per heavy atom. The molecule has 0 spiro atoms. The molecular formula is C15H15FN2O2. The summed E-state index contributed by atoms with van der Waals surface area (Å²) in [6.45, 7) is 0.191. The molecule has 4 N–H and O–H groups in total. The molecule has 0 aliphatic carbocycles. The Kier molecular flexibility index (Phi) is 4.20. The molecule has 2 rings (SSSR count). The number of hydrogen-bond acceptors (Lipinski definition) is 3. The standard InChI is InChI=1S/C15H15FN2O2/c16-12-3-1-10(2-4-12)7-15(20)18-9-11-8-13(17)5-6-14(11)19/h1-6,8,19H,7,9,17H2,(H,18,20). The highest BCUT2D eigenvalue weighted by Gasteiger charge is 2.06. The first-order valence-electron chi connectivity index (χ1n) is 6.13. The summed E-state index contributed by atoms with van der Waals surface area (Å²) < 4.78 is 12.7. The number of nitrogens with one attached hydrogen (secondary N) is 1. The Labute approximate surface area is 116 Å². The van der Waals surface area contributed by atoms with Gasteiger partial charge in [0, 0.05) is 17.8 Å². The van der Waals surface area contributed by atoms with Crippen LogP contribution in [-0.4, -0.2) is 11.0 Å². The van der Waals surface area contributed by atoms with Crippen LogP contribution < -0.4 is 11.1 Å². The van der Waals surface area contributed by atoms with Crippen molar-refractivity contribution < 1.29 is 14.3 Å². The minimum atomic E-state index is -0.334. The maximum Gasteiger partial charge on any atom is 0.224 e. The maximum absolute atomic E-state index is 12.7. The number of nitrogen functional groups attached to an aromatic ring is 1. The van der Waals surface area contributed by atoms with E-state index in [0.29, 0.717) is 11.3 Å². The lowest BCUT2D eigenvalue weighted by molar-refractivity contribution is -0.120. The highest BCUT2D eigenvalue weighted by molar-refractivity contribution is 5.78. The molecule has 0 heterocycles. The van der Waals surface area contributed by atoms with Crippen LogP contribution in [0, 0.1) is 5.82 Å². The Hall–Kier alpha value is -2.56. The van der Waals surface area contributed by atoms with Gasteiger partial charge in [0.25, 0.3) is 0 Å². The molecular weight excluding hydrogens is 259 g/mol. The lowest BCUT2D eigenvalue weighted by Gasteiger charge is -2.08. The van der Waals surface area contributed by atoms with Gasteiger partial charge in [-0.3, -0.25) is 4.79 Å². The number of benzene rings is 2. The fourth-order valence-corrected chi connectivity index (χ4v) is 1.79. The van der Waals surface area contributed by atoms with Crippen LogP contribution in [0.5, 0.6) is 5.75 Å². The zero-order valence-electron chi connectivity index (χ0n) is 10.8. The number of amides is 1. The summed E-state index contributed by atoms with van der Waals surface area (Å²) in [6, 6.07) is 10.4. The van der Waals surface area contributed by atoms with Crippen LogP contribution in [0.25, 0.3) is 0 Å². The van der Waals surface area contributed by atoms with Crippen molar-refractivity contribution in [2.45, 2.75) is 13.0 Å². The van der Waals surface area contributed by atoms with Crippen LogP contribution >= 0.6 is 0 Å². The number of carbonyl (C=O) groups excluding carboxylic acids is 1. The van der Waals surface area contributed by atoms with Crippen molar-refractivity contribution in [2.75, 3.05) is 5.73 Å². The number of hydrogen-bond donors (Lipinski definition) is 3. The van der Waals surface area contributed by atoms with Crippen molar-refractivity contribution in [1.82, 2.24) is 5.32 Å². The normalized spacial score (nSPS) is 10.2. The molecule has 0 fully saturated rings. The van der Waals surface area contributed by atoms with Crippen molar-refractivity contribution in [3.8, 4) is 5.75 Å². The zero-order valence-corrected chi connectivity index (χ0v) is 10.8. The molecule has 0 aliphatic heterocycles. The summed E-state index contributed by atoms with van der Waals surface area (Å²) in [6.07, 6.45) is 0.156. The summed E-state index contributed by atoms with van der Waals surface area (Å²) in [5.41, 5.74) is 7.41. The van der Waals surface area contributed by atoms with Gasteiger partial charge in [0.1, 0.15) is 11.6 Å². The third kappa shape index (κ3) is 3.71. The lowest BCUT2D eigenvalue weighted by Crippen LogP contribution is -2.24. The van der Waals surface area contributed by atoms with Crippen molar-refractivity contribution in [3.05, 3.63) is 59.4 Å². The van der Waals surface area contributed by atoms with E-state index in [4.69, 9.17) is 5.73 Å². The van der Waals surface area contributed by atoms with E-state index < -0.39 is 0 Å². The van der Waals surface area contributed by atoms with Gasteiger partial charge >= 0.3 is 0 Å². The third-order valence-electron chi connectivity index (χ3n) is 2.86. The average Bonchev–Trinajstić information content (AvgIpc) is 2.42. The molecule has 0 radical (unpaired) electrons. The second-order valence-electron chi connectivity index (χ2n) is 4.47. The summed E-state index contributed by atoms with van der Waals surface area (Å²) in [5, 5.41) is 12.3. The lowest BCUT2D eigenvalue weighted by atomic mass is 10.1. The largest absolute Gasteiger partial charge is 0.508 e. The predicted molar refractivity (Wildman–Crippen MR) is 74.5 cm³/mol. The van der Waals surface area contributed by atoms with Crippen LogP contribution in [0.15, 0.2) is 42.5 Å². The first kappa shape index (κ1) is 13.9. The average molecular weight is 274 g/mol. The monoisotopic (exact) mass is 274 g/mol. The fraction of sp³-hybridized carbons (Fsp3) is 0.133. The van der Waals surface area contributed by atoms with E-state index in [1.807, 2.05) is 0 Å². The van der Waals surface area contributed by atoms with Crippen LogP contribution in [0.3, 0.4) is 0 Å². The highest BCUT2D eigenvalue weighted by Crippen LogP contribution is 2.19. The van der Waals surface area contributed by atoms with Crippen molar-refractivity contribution in [3.63, 3.8) is 0 Å². The number of rotatable bonds is 4. The summed E-state index contributed by atoms with van der Waals surface area (Å²) in [4.78, 5) is 11.7. The SMILES string of the molecule is Nc1ccc(O)c(CNC(=O)Cc2ccc(F)cc2)c1. The topological polar surface area (TPSA) is 75.3 Å². The van der Waals surface area contributed by atoms with Crippen LogP contribution in [0.2, 0.25) is 0 Å². The molecule has 20 heavy (non-hydrogen) atoms. The van der Waals surface area contributed by atoms with E-state index in [-0.39, 0.29) is 30.4 Å². The van der Waals surface area contributed by atoms with Gasteiger partial charge in [-0.25, -0.2) is 4.39 Å². The molecule has 4 nitrogen and oxygen atoms in total. The smallest absolute Gasteiger partial charge is 0.224 e. The molecule has 5 heteroatoms. The van der Waals surface area contributed by atoms with Gasteiger partial charge in [0.05, 0.1) is 6.42 Å². The Morgan fingerprint density at radius 2 is 1.90 bits per heavy atom. The third-order valence-corrected chi connectivity index (χ3v) is 2.86. The van der Waals surface area contributed by atoms with Crippen LogP contribution in [0.1, 0.15) is 11.1 Å². The molecule has 0 atom stereocenters. The number of phenolic OH excluding ortho intramolecular Hbond substituents is 1. The van der Waals surface area contributed by atoms with Gasteiger partial charge in [-0.2, -0.15) is 0 Å². The zero-order chi connectivity index (χ0) is 14.5. The van der Waals surface area contributed by atoms with E-state index in [9.17, 15) is 14.3 Å². The van der Waals surface area contributed by atoms with Gasteiger partial charge in [0.15, 0.2) is 0 Å². The molecule has 2 aromatic rings. The van der Waals surface area contributed by atoms with E-state index >= 15 is 0 Å². The number of halogens is 1. The molecule has 0 aliphatic rings. The Morgan fingerprint density at radius 1 is 1.20 bits per heavy atom. The molecule has 2 aromatic carbocycles. The van der Waals surface area contributed by atoms with Gasteiger partial charge in [0.2, 0.25) is 5.91 Å². The summed E-state index contributed by atoms with van der Waals surface area (Å²) in [7, 11) is 0. The first-order valence-corrected chi connectivity index (χ1v) is 6.13. The fourth-order valence-electron chi connectivity index (χ4n) is 1.79. The van der Waals surface area contributed by atoms with Gasteiger partial charge < -0.3 is 16.2 Å². The molecule has 104 valence electrons. The molecule has 1 amide bonds. The van der Waals surface area contributed by atoms with Crippen molar-refractivity contribution >= 4 is 11.6 Å². The van der Waals surface area contributed by atoms with Crippen LogP contribution in [-0.2, 0) is 17.8 Å². The van der Waals surface area contributed by atoms with Crippen molar-refractivity contribution in [1.29, 1.82) is 0 Å². The summed E-state index contributed by atoms with van der Waals surface area (Å²) in [5.74, 6) is -0.460. The van der Waals surface area contributed by atoms with Crippen molar-refractivity contribution in [2.24, 2.45) is 0 Å². The molecule has 0 unspecified atom stereocenters. The van der Waals surface area contributed by atoms with E-state index in [0.717, 1.165) is 5.56 Å². The number of aromatic hydroxyl groups is 1. The summed E-state index contributed by atoms with van der Waals surface area (Å²) >= 11 is 0. The molecule has 0 bridgehead atoms. The van der Waals surface area contributed by atoms with E-state index in [2.05, 4.69) is 5.32 Å². The molecule has 0 aromatic heterocycles. The first-order chi connectivity index (χ1) is 9.54. The highest BCUT2D eigenvalue weighted by atomic mass is 19.1. The number of nitrogens with two attached hydrogens (primary N) is 1. The molecule has 0 saturated carbocycles. The minimum Gasteiger partial charge on any atom is -0.508 e. The maximum atomic E-state index is 12.7. The molecule has 0 saturated heterocycles. The number of anilines is 1. The Bertz CT molecular complexity index is 612. The second kappa shape index (κ2) is 6.06. The Balaban J connectivity index is 1.92. The predicted octanol–water partition coefficient (Wildman–Crippen LogP) is 1.97. The van der Waals surface area contributed by atoms with Crippen LogP contribution in [0.4, 0.5) is 10.1 Å². The number of carbonyl (C=O) groups is 1. The minimum absolute atomic E-state index is 0.0845. The van der Waals surface area contributed by atoms with Gasteiger partial charge in [-0.1, -0.05) is 12.1 Å². The quantitative estimate of drug-likeness (QED) is 0.589. The van der Waals surface area contributed by atoms with Gasteiger partial charge in [-0.15, -0.1) is 0 Å². The van der Waals surface area contributed by atoms with E-state index in [1.54, 1.807) is 24.3 Å².